The third-order valence-electron chi connectivity index (χ3n) is 12.2. The summed E-state index contributed by atoms with van der Waals surface area (Å²) in [6.45, 7) is 9.87. The van der Waals surface area contributed by atoms with Gasteiger partial charge in [-0.1, -0.05) is 208 Å². The number of aromatic nitrogens is 2. The Balaban J connectivity index is 0.000000148. The molecule has 2 atom stereocenters. The number of nitrogens with zero attached hydrogens (tertiary/aromatic N) is 4. The predicted octanol–water partition coefficient (Wildman–Crippen LogP) is 12.7. The second kappa shape index (κ2) is 17.3. The number of anilines is 1. The summed E-state index contributed by atoms with van der Waals surface area (Å²) in [5.41, 5.74) is 13.9. The van der Waals surface area contributed by atoms with Crippen molar-refractivity contribution in [3.63, 3.8) is 0 Å². The van der Waals surface area contributed by atoms with Crippen LogP contribution in [0.4, 0.5) is 5.69 Å². The minimum absolute atomic E-state index is 0.139. The summed E-state index contributed by atoms with van der Waals surface area (Å²) in [5.74, 6) is 0.530. The minimum Gasteiger partial charge on any atom is -0.342 e. The third-order valence-corrected chi connectivity index (χ3v) is 12.2. The summed E-state index contributed by atoms with van der Waals surface area (Å²) in [7, 11) is 0. The largest absolute Gasteiger partial charge is 0.342 e. The molecule has 0 aliphatic carbocycles. The molecule has 0 radical (unpaired) electrons. The molecule has 0 N–H and O–H groups in total. The lowest BCUT2D eigenvalue weighted by atomic mass is 9.99. The maximum Gasteiger partial charge on any atom is 0.145 e. The van der Waals surface area contributed by atoms with Crippen LogP contribution < -0.4 is 14.0 Å². The van der Waals surface area contributed by atoms with Crippen LogP contribution >= 0.6 is 0 Å². The number of pyridine rings is 2. The van der Waals surface area contributed by atoms with Gasteiger partial charge in [0.05, 0.1) is 12.1 Å². The van der Waals surface area contributed by atoms with E-state index in [9.17, 15) is 0 Å². The van der Waals surface area contributed by atoms with Gasteiger partial charge in [0.25, 0.3) is 0 Å². The van der Waals surface area contributed by atoms with E-state index in [0.717, 1.165) is 6.54 Å². The molecule has 0 spiro atoms. The fourth-order valence-corrected chi connectivity index (χ4v) is 9.15. The highest BCUT2D eigenvalue weighted by Gasteiger charge is 2.35. The van der Waals surface area contributed by atoms with Gasteiger partial charge in [-0.25, -0.2) is 0 Å². The molecule has 4 nitrogen and oxygen atoms in total. The summed E-state index contributed by atoms with van der Waals surface area (Å²) in [6, 6.07) is 80.7. The van der Waals surface area contributed by atoms with Crippen LogP contribution in [0.5, 0.6) is 0 Å². The van der Waals surface area contributed by atoms with E-state index in [0.29, 0.717) is 5.92 Å². The molecule has 62 heavy (non-hydrogen) atoms. The topological polar surface area (TPSA) is 14.2 Å². The molecule has 2 aliphatic rings. The zero-order chi connectivity index (χ0) is 41.8. The maximum atomic E-state index is 2.45. The van der Waals surface area contributed by atoms with Gasteiger partial charge in [0.1, 0.15) is 36.1 Å². The highest BCUT2D eigenvalue weighted by Crippen LogP contribution is 2.39. The van der Waals surface area contributed by atoms with E-state index in [1.807, 2.05) is 0 Å². The number of fused-ring (bicyclic) bond motifs is 3. The van der Waals surface area contributed by atoms with Crippen molar-refractivity contribution < 1.29 is 9.13 Å². The van der Waals surface area contributed by atoms with Crippen molar-refractivity contribution in [2.75, 3.05) is 4.90 Å². The van der Waals surface area contributed by atoms with Gasteiger partial charge in [-0.05, 0) is 80.4 Å². The molecule has 7 aromatic carbocycles. The van der Waals surface area contributed by atoms with Crippen LogP contribution in [0.2, 0.25) is 0 Å². The van der Waals surface area contributed by atoms with Crippen LogP contribution in [0, 0.1) is 13.3 Å². The van der Waals surface area contributed by atoms with Crippen LogP contribution in [0.15, 0.2) is 224 Å². The average molecular weight is 803 g/mol. The lowest BCUT2D eigenvalue weighted by Crippen LogP contribution is -2.36. The van der Waals surface area contributed by atoms with E-state index in [1.165, 1.54) is 72.6 Å². The molecule has 9 aromatic rings. The smallest absolute Gasteiger partial charge is 0.145 e. The van der Waals surface area contributed by atoms with Crippen molar-refractivity contribution in [3.8, 4) is 22.5 Å². The van der Waals surface area contributed by atoms with E-state index in [4.69, 9.17) is 0 Å². The molecule has 0 bridgehead atoms. The number of rotatable bonds is 8. The van der Waals surface area contributed by atoms with Gasteiger partial charge in [0, 0.05) is 12.2 Å². The Hall–Kier alpha value is -7.40. The fraction of sp³-hybridized carbons (Fsp3) is 0.103. The van der Waals surface area contributed by atoms with E-state index < -0.39 is 0 Å². The summed E-state index contributed by atoms with van der Waals surface area (Å²) < 4.78 is 4.71. The van der Waals surface area contributed by atoms with Gasteiger partial charge >= 0.3 is 0 Å². The van der Waals surface area contributed by atoms with E-state index >= 15 is 0 Å². The Kier molecular flexibility index (Phi) is 10.8. The number of hydrogen-bond acceptors (Lipinski definition) is 2. The van der Waals surface area contributed by atoms with Crippen molar-refractivity contribution in [1.29, 1.82) is 0 Å². The van der Waals surface area contributed by atoms with Crippen LogP contribution in [0.3, 0.4) is 0 Å². The predicted molar refractivity (Wildman–Crippen MR) is 253 cm³/mol. The quantitative estimate of drug-likeness (QED) is 0.112. The normalized spacial score (nSPS) is 15.3. The molecule has 2 aromatic heterocycles. The zero-order valence-electron chi connectivity index (χ0n) is 35.2. The monoisotopic (exact) mass is 802 g/mol. The van der Waals surface area contributed by atoms with Gasteiger partial charge in [-0.3, -0.25) is 4.90 Å². The lowest BCUT2D eigenvalue weighted by molar-refractivity contribution is -0.627. The molecular formula is C58H50N4. The molecule has 302 valence electrons. The molecule has 2 unspecified atom stereocenters. The van der Waals surface area contributed by atoms with Crippen molar-refractivity contribution in [2.45, 2.75) is 38.4 Å². The second-order valence-electron chi connectivity index (χ2n) is 16.5. The van der Waals surface area contributed by atoms with Gasteiger partial charge in [0.2, 0.25) is 0 Å². The lowest BCUT2D eigenvalue weighted by Gasteiger charge is -2.26. The first-order valence-electron chi connectivity index (χ1n) is 21.7. The first-order valence-corrected chi connectivity index (χ1v) is 21.7. The Morgan fingerprint density at radius 2 is 1.00 bits per heavy atom. The van der Waals surface area contributed by atoms with E-state index in [2.05, 4.69) is 271 Å². The molecule has 4 heterocycles. The van der Waals surface area contributed by atoms with Crippen molar-refractivity contribution in [1.82, 2.24) is 4.90 Å². The number of benzene rings is 7. The fourth-order valence-electron chi connectivity index (χ4n) is 9.15. The standard InChI is InChI=1S/C30H24N2.C28H26N2/c1-3-11-23(12-4-1)21-31-22-32-28(27-18-9-16-24-13-7-8-17-26(24)27)19-10-20-29(32)30(31)25-14-5-2-6-15-25;1-21(2)22-16-18-25(19-17-22)29-20-30-26(23-10-5-3-6-11-23)14-9-15-27(30)28(29)24-12-7-4-8-13-24/h1-20,22,30H,21H2;3-21,28H,1-2H3. The Labute approximate surface area is 366 Å². The van der Waals surface area contributed by atoms with E-state index in [-0.39, 0.29) is 12.1 Å². The van der Waals surface area contributed by atoms with Crippen LogP contribution in [0.25, 0.3) is 33.3 Å². The van der Waals surface area contributed by atoms with Crippen LogP contribution in [-0.2, 0) is 6.54 Å². The summed E-state index contributed by atoms with van der Waals surface area (Å²) >= 11 is 0. The van der Waals surface area contributed by atoms with Gasteiger partial charge in [0.15, 0.2) is 0 Å². The minimum atomic E-state index is 0.139. The highest BCUT2D eigenvalue weighted by atomic mass is 15.3. The molecular weight excluding hydrogens is 753 g/mol. The molecule has 0 fully saturated rings. The highest BCUT2D eigenvalue weighted by molar-refractivity contribution is 5.95. The Bertz CT molecular complexity index is 2910. The molecule has 11 rings (SSSR count). The average Bonchev–Trinajstić information content (AvgIpc) is 3.92. The Morgan fingerprint density at radius 1 is 0.468 bits per heavy atom. The van der Waals surface area contributed by atoms with Crippen molar-refractivity contribution in [3.05, 3.63) is 271 Å². The van der Waals surface area contributed by atoms with Gasteiger partial charge in [-0.15, -0.1) is 0 Å². The van der Waals surface area contributed by atoms with E-state index in [1.54, 1.807) is 0 Å². The van der Waals surface area contributed by atoms with Crippen molar-refractivity contribution >= 4 is 16.5 Å². The molecule has 0 saturated carbocycles. The first kappa shape index (κ1) is 38.8. The SMILES string of the molecule is CC(C)c1ccc(N2[CH-][n+]3c(-c4ccccc4)cccc3C2c2ccccc2)cc1.c1ccc(CN2[CH-][n+]3c(-c4cccc5ccccc45)cccc3C2c2ccccc2)cc1. The van der Waals surface area contributed by atoms with Gasteiger partial charge < -0.3 is 14.0 Å². The summed E-state index contributed by atoms with van der Waals surface area (Å²) in [6.07, 6.45) is 0. The number of hydrogen-bond donors (Lipinski definition) is 0. The summed E-state index contributed by atoms with van der Waals surface area (Å²) in [4.78, 5) is 4.84. The van der Waals surface area contributed by atoms with Gasteiger partial charge in [-0.2, -0.15) is 0 Å². The second-order valence-corrected chi connectivity index (χ2v) is 16.5. The molecule has 0 amide bonds. The molecule has 2 aliphatic heterocycles. The maximum absolute atomic E-state index is 2.45. The van der Waals surface area contributed by atoms with Crippen LogP contribution in [-0.4, -0.2) is 4.90 Å². The Morgan fingerprint density at radius 3 is 1.68 bits per heavy atom. The zero-order valence-corrected chi connectivity index (χ0v) is 35.2. The first-order chi connectivity index (χ1) is 30.6. The molecule has 4 heteroatoms. The van der Waals surface area contributed by atoms with Crippen LogP contribution in [0.1, 0.15) is 65.5 Å². The van der Waals surface area contributed by atoms with Crippen molar-refractivity contribution in [2.24, 2.45) is 0 Å². The molecule has 0 saturated heterocycles. The summed E-state index contributed by atoms with van der Waals surface area (Å²) in [5, 5.41) is 2.55. The third kappa shape index (κ3) is 7.62.